The molecule has 0 aromatic carbocycles. The van der Waals surface area contributed by atoms with E-state index in [2.05, 4.69) is 6.58 Å². The van der Waals surface area contributed by atoms with E-state index in [1.54, 1.807) is 6.92 Å². The second-order valence-electron chi connectivity index (χ2n) is 2.86. The lowest BCUT2D eigenvalue weighted by molar-refractivity contribution is -0.132. The first-order chi connectivity index (χ1) is 6.70. The third-order valence-corrected chi connectivity index (χ3v) is 1.77. The number of halogens is 3. The lowest BCUT2D eigenvalue weighted by Crippen LogP contribution is -2.11. The second-order valence-corrected chi connectivity index (χ2v) is 2.86. The summed E-state index contributed by atoms with van der Waals surface area (Å²) in [6.07, 6.45) is -2.66. The zero-order chi connectivity index (χ0) is 12.2. The van der Waals surface area contributed by atoms with E-state index in [-0.39, 0.29) is 5.57 Å². The number of hydrogen-bond acceptors (Lipinski definition) is 1. The van der Waals surface area contributed by atoms with E-state index in [1.165, 1.54) is 13.0 Å². The SMILES string of the molecule is C=C(/C=C(C(=O)O)\C(C)=C/C)C(F)(F)F. The number of allylic oxidation sites excluding steroid dienone is 3. The van der Waals surface area contributed by atoms with Crippen molar-refractivity contribution in [1.29, 1.82) is 0 Å². The highest BCUT2D eigenvalue weighted by Crippen LogP contribution is 2.27. The average Bonchev–Trinajstić information content (AvgIpc) is 2.10. The van der Waals surface area contributed by atoms with Crippen LogP contribution in [-0.2, 0) is 4.79 Å². The molecule has 0 aliphatic rings. The van der Waals surface area contributed by atoms with Gasteiger partial charge in [0, 0.05) is 5.57 Å². The lowest BCUT2D eigenvalue weighted by atomic mass is 10.0. The molecule has 0 fully saturated rings. The molecule has 1 N–H and O–H groups in total. The van der Waals surface area contributed by atoms with Crippen LogP contribution in [-0.4, -0.2) is 17.3 Å². The van der Waals surface area contributed by atoms with Gasteiger partial charge in [0.05, 0.1) is 5.57 Å². The zero-order valence-corrected chi connectivity index (χ0v) is 8.35. The van der Waals surface area contributed by atoms with E-state index in [0.717, 1.165) is 0 Å². The van der Waals surface area contributed by atoms with Crippen LogP contribution in [0.25, 0.3) is 0 Å². The van der Waals surface area contributed by atoms with Gasteiger partial charge in [0.25, 0.3) is 0 Å². The van der Waals surface area contributed by atoms with Gasteiger partial charge in [-0.1, -0.05) is 12.7 Å². The van der Waals surface area contributed by atoms with Crippen molar-refractivity contribution >= 4 is 5.97 Å². The van der Waals surface area contributed by atoms with Crippen molar-refractivity contribution in [3.8, 4) is 0 Å². The molecular weight excluding hydrogens is 209 g/mol. The molecule has 5 heteroatoms. The van der Waals surface area contributed by atoms with Crippen molar-refractivity contribution in [2.45, 2.75) is 20.0 Å². The average molecular weight is 220 g/mol. The Kier molecular flexibility index (Phi) is 4.33. The fraction of sp³-hybridized carbons (Fsp3) is 0.300. The van der Waals surface area contributed by atoms with Crippen LogP contribution in [0.4, 0.5) is 13.2 Å². The monoisotopic (exact) mass is 220 g/mol. The number of aliphatic carboxylic acids is 1. The molecule has 0 atom stereocenters. The first-order valence-corrected chi connectivity index (χ1v) is 4.04. The molecule has 0 amide bonds. The Bertz CT molecular complexity index is 335. The smallest absolute Gasteiger partial charge is 0.415 e. The fourth-order valence-corrected chi connectivity index (χ4v) is 0.756. The van der Waals surface area contributed by atoms with Gasteiger partial charge in [0.15, 0.2) is 0 Å². The Morgan fingerprint density at radius 1 is 1.40 bits per heavy atom. The zero-order valence-electron chi connectivity index (χ0n) is 8.35. The predicted molar refractivity (Wildman–Crippen MR) is 50.3 cm³/mol. The van der Waals surface area contributed by atoms with Gasteiger partial charge in [-0.3, -0.25) is 0 Å². The summed E-state index contributed by atoms with van der Waals surface area (Å²) in [6.45, 7) is 5.74. The number of carboxylic acids is 1. The standard InChI is InChI=1S/C10H11F3O2/c1-4-6(2)8(9(14)15)5-7(3)10(11,12)13/h4-5H,3H2,1-2H3,(H,14,15)/b6-4-,8-5+. The summed E-state index contributed by atoms with van der Waals surface area (Å²) in [7, 11) is 0. The molecule has 0 radical (unpaired) electrons. The van der Waals surface area contributed by atoms with Gasteiger partial charge in [0.2, 0.25) is 0 Å². The van der Waals surface area contributed by atoms with Crippen LogP contribution < -0.4 is 0 Å². The molecule has 0 bridgehead atoms. The van der Waals surface area contributed by atoms with E-state index in [1.807, 2.05) is 0 Å². The van der Waals surface area contributed by atoms with E-state index in [9.17, 15) is 18.0 Å². The Labute approximate surface area is 85.4 Å². The second kappa shape index (κ2) is 4.82. The summed E-state index contributed by atoms with van der Waals surface area (Å²) in [5.41, 5.74) is -1.33. The minimum atomic E-state index is -4.60. The van der Waals surface area contributed by atoms with Crippen molar-refractivity contribution in [3.05, 3.63) is 35.5 Å². The fourth-order valence-electron chi connectivity index (χ4n) is 0.756. The van der Waals surface area contributed by atoms with E-state index in [4.69, 9.17) is 5.11 Å². The highest BCUT2D eigenvalue weighted by molar-refractivity contribution is 5.92. The first kappa shape index (κ1) is 13.5. The summed E-state index contributed by atoms with van der Waals surface area (Å²) in [5, 5.41) is 8.67. The highest BCUT2D eigenvalue weighted by atomic mass is 19.4. The molecule has 0 aliphatic heterocycles. The van der Waals surface area contributed by atoms with Crippen LogP contribution in [0.1, 0.15) is 13.8 Å². The molecule has 0 heterocycles. The van der Waals surface area contributed by atoms with Crippen LogP contribution in [0.3, 0.4) is 0 Å². The molecule has 84 valence electrons. The topological polar surface area (TPSA) is 37.3 Å². The Morgan fingerprint density at radius 3 is 2.13 bits per heavy atom. The molecule has 0 aliphatic carbocycles. The molecule has 2 nitrogen and oxygen atoms in total. The molecule has 0 unspecified atom stereocenters. The van der Waals surface area contributed by atoms with Crippen LogP contribution >= 0.6 is 0 Å². The van der Waals surface area contributed by atoms with Crippen molar-refractivity contribution in [2.24, 2.45) is 0 Å². The van der Waals surface area contributed by atoms with Crippen molar-refractivity contribution in [2.75, 3.05) is 0 Å². The molecule has 0 saturated carbocycles. The van der Waals surface area contributed by atoms with Crippen molar-refractivity contribution in [1.82, 2.24) is 0 Å². The summed E-state index contributed by atoms with van der Waals surface area (Å²) >= 11 is 0. The molecule has 15 heavy (non-hydrogen) atoms. The molecule has 0 rings (SSSR count). The summed E-state index contributed by atoms with van der Waals surface area (Å²) in [5.74, 6) is -1.41. The molecule has 0 aromatic heterocycles. The maximum absolute atomic E-state index is 12.1. The number of rotatable bonds is 3. The molecule has 0 aromatic rings. The number of carbonyl (C=O) groups is 1. The molecule has 0 saturated heterocycles. The normalized spacial score (nSPS) is 13.9. The minimum absolute atomic E-state index is 0.257. The van der Waals surface area contributed by atoms with Crippen LogP contribution in [0.5, 0.6) is 0 Å². The Hall–Kier alpha value is -1.52. The van der Waals surface area contributed by atoms with Crippen molar-refractivity contribution < 1.29 is 23.1 Å². The largest absolute Gasteiger partial charge is 0.478 e. The van der Waals surface area contributed by atoms with Gasteiger partial charge in [-0.2, -0.15) is 13.2 Å². The first-order valence-electron chi connectivity index (χ1n) is 4.04. The van der Waals surface area contributed by atoms with Gasteiger partial charge < -0.3 is 5.11 Å². The summed E-state index contributed by atoms with van der Waals surface area (Å²) in [4.78, 5) is 10.6. The van der Waals surface area contributed by atoms with Crippen LogP contribution in [0.2, 0.25) is 0 Å². The summed E-state index contributed by atoms with van der Waals surface area (Å²) < 4.78 is 36.3. The van der Waals surface area contributed by atoms with Gasteiger partial charge in [0.1, 0.15) is 0 Å². The van der Waals surface area contributed by atoms with E-state index >= 15 is 0 Å². The van der Waals surface area contributed by atoms with Crippen LogP contribution in [0, 0.1) is 0 Å². The highest BCUT2D eigenvalue weighted by Gasteiger charge is 2.31. The Morgan fingerprint density at radius 2 is 1.87 bits per heavy atom. The van der Waals surface area contributed by atoms with Gasteiger partial charge in [-0.05, 0) is 25.5 Å². The quantitative estimate of drug-likeness (QED) is 0.586. The third-order valence-electron chi connectivity index (χ3n) is 1.77. The van der Waals surface area contributed by atoms with Gasteiger partial charge >= 0.3 is 12.1 Å². The molecule has 0 spiro atoms. The van der Waals surface area contributed by atoms with Gasteiger partial charge in [-0.15, -0.1) is 0 Å². The number of carboxylic acid groups (broad SMARTS) is 1. The number of hydrogen-bond donors (Lipinski definition) is 1. The van der Waals surface area contributed by atoms with Crippen LogP contribution in [0.15, 0.2) is 35.5 Å². The third kappa shape index (κ3) is 4.01. The maximum Gasteiger partial charge on any atom is 0.415 e. The van der Waals surface area contributed by atoms with Gasteiger partial charge in [-0.25, -0.2) is 4.79 Å². The Balaban J connectivity index is 5.21. The molecular formula is C10H11F3O2. The summed E-state index contributed by atoms with van der Waals surface area (Å²) in [6, 6.07) is 0. The van der Waals surface area contributed by atoms with E-state index in [0.29, 0.717) is 6.08 Å². The van der Waals surface area contributed by atoms with E-state index < -0.39 is 23.3 Å². The minimum Gasteiger partial charge on any atom is -0.478 e. The number of alkyl halides is 3. The predicted octanol–water partition coefficient (Wildman–Crippen LogP) is 3.08. The lowest BCUT2D eigenvalue weighted by Gasteiger charge is -2.07. The van der Waals surface area contributed by atoms with Crippen molar-refractivity contribution in [3.63, 3.8) is 0 Å². The maximum atomic E-state index is 12.1.